The molecule has 24 heavy (non-hydrogen) atoms. The van der Waals surface area contributed by atoms with Crippen LogP contribution in [0, 0.1) is 34.3 Å². The van der Waals surface area contributed by atoms with E-state index in [4.69, 9.17) is 39.5 Å². The highest BCUT2D eigenvalue weighted by Crippen LogP contribution is 2.43. The number of benzene rings is 1. The summed E-state index contributed by atoms with van der Waals surface area (Å²) < 4.78 is 66.5. The Morgan fingerprint density at radius 1 is 1.04 bits per heavy atom. The van der Waals surface area contributed by atoms with Gasteiger partial charge in [-0.2, -0.15) is 28.8 Å². The van der Waals surface area contributed by atoms with Gasteiger partial charge in [0.05, 0.1) is 0 Å². The molecule has 0 aliphatic rings. The number of nitriles is 2. The molecule has 0 bridgehead atoms. The highest BCUT2D eigenvalue weighted by atomic mass is 35.5. The van der Waals surface area contributed by atoms with E-state index in [1.807, 2.05) is 0 Å². The fourth-order valence-electron chi connectivity index (χ4n) is 1.84. The van der Waals surface area contributed by atoms with E-state index < -0.39 is 56.2 Å². The van der Waals surface area contributed by atoms with Crippen LogP contribution in [0.25, 0.3) is 5.69 Å². The van der Waals surface area contributed by atoms with Gasteiger partial charge in [-0.1, -0.05) is 23.2 Å². The topological polar surface area (TPSA) is 91.4 Å². The summed E-state index contributed by atoms with van der Waals surface area (Å²) in [5.74, 6) is -4.84. The maximum Gasteiger partial charge on any atom is 0.422 e. The lowest BCUT2D eigenvalue weighted by Crippen LogP contribution is -2.15. The number of alkyl halides is 3. The number of nitrogens with two attached hydrogens (primary N) is 1. The monoisotopic (exact) mass is 381 g/mol. The van der Waals surface area contributed by atoms with Crippen LogP contribution in [0.5, 0.6) is 0 Å². The Balaban J connectivity index is 2.93. The molecule has 2 aromatic rings. The van der Waals surface area contributed by atoms with Gasteiger partial charge in [0.15, 0.2) is 17.3 Å². The van der Waals surface area contributed by atoms with Crippen molar-refractivity contribution in [2.75, 3.05) is 5.73 Å². The number of hydrogen-bond donors (Lipinski definition) is 1. The first-order chi connectivity index (χ1) is 11.1. The smallest absolute Gasteiger partial charge is 0.382 e. The molecule has 2 rings (SSSR count). The molecule has 0 saturated carbocycles. The predicted molar refractivity (Wildman–Crippen MR) is 72.3 cm³/mol. The maximum absolute atomic E-state index is 13.9. The van der Waals surface area contributed by atoms with Gasteiger partial charge in [0, 0.05) is 0 Å². The van der Waals surface area contributed by atoms with Crippen molar-refractivity contribution in [1.29, 1.82) is 10.5 Å². The van der Waals surface area contributed by atoms with E-state index >= 15 is 0 Å². The summed E-state index contributed by atoms with van der Waals surface area (Å²) in [6.45, 7) is 0. The lowest BCUT2D eigenvalue weighted by Gasteiger charge is -2.16. The number of nitrogens with zero attached hydrogens (tertiary/aromatic N) is 4. The molecule has 12 heteroatoms. The Morgan fingerprint density at radius 3 is 1.88 bits per heavy atom. The molecule has 0 aliphatic carbocycles. The molecule has 0 aliphatic heterocycles. The van der Waals surface area contributed by atoms with Crippen molar-refractivity contribution < 1.29 is 22.0 Å². The number of anilines is 1. The second-order valence-corrected chi connectivity index (χ2v) is 4.98. The van der Waals surface area contributed by atoms with Crippen molar-refractivity contribution in [2.45, 2.75) is 6.18 Å². The third-order valence-electron chi connectivity index (χ3n) is 2.87. The van der Waals surface area contributed by atoms with Crippen LogP contribution in [0.15, 0.2) is 0 Å². The Hall–Kier alpha value is -2.56. The molecule has 124 valence electrons. The second-order valence-electron chi connectivity index (χ2n) is 4.22. The van der Waals surface area contributed by atoms with E-state index in [9.17, 15) is 22.0 Å². The zero-order chi connectivity index (χ0) is 18.4. The van der Waals surface area contributed by atoms with Crippen LogP contribution in [0.2, 0.25) is 10.0 Å². The zero-order valence-corrected chi connectivity index (χ0v) is 12.5. The molecule has 1 aromatic heterocycles. The molecule has 0 radical (unpaired) electrons. The summed E-state index contributed by atoms with van der Waals surface area (Å²) >= 11 is 11.1. The standard InChI is InChI=1S/C12H2Cl2F5N5/c13-6-8(15)5(12(17,18)19)9(16)7(14)10(6)24-11(22)3(1-20)4(2-21)23-24/h22H2. The summed E-state index contributed by atoms with van der Waals surface area (Å²) in [4.78, 5) is 0. The molecule has 0 saturated heterocycles. The number of hydrogen-bond acceptors (Lipinski definition) is 4. The van der Waals surface area contributed by atoms with Crippen molar-refractivity contribution in [3.63, 3.8) is 0 Å². The molecule has 0 amide bonds. The summed E-state index contributed by atoms with van der Waals surface area (Å²) in [7, 11) is 0. The van der Waals surface area contributed by atoms with Crippen LogP contribution >= 0.6 is 23.2 Å². The SMILES string of the molecule is N#Cc1nn(-c2c(Cl)c(F)c(C(F)(F)F)c(F)c2Cl)c(N)c1C#N. The zero-order valence-electron chi connectivity index (χ0n) is 11.0. The van der Waals surface area contributed by atoms with Crippen LogP contribution in [0.3, 0.4) is 0 Å². The Labute approximate surface area is 140 Å². The molecule has 0 fully saturated rings. The predicted octanol–water partition coefficient (Wildman–Crippen LogP) is 3.80. The molecule has 0 unspecified atom stereocenters. The van der Waals surface area contributed by atoms with Gasteiger partial charge < -0.3 is 5.73 Å². The molecule has 1 heterocycles. The normalized spacial score (nSPS) is 11.2. The van der Waals surface area contributed by atoms with Crippen LogP contribution in [-0.4, -0.2) is 9.78 Å². The molecule has 1 aromatic carbocycles. The summed E-state index contributed by atoms with van der Waals surface area (Å²) in [5.41, 5.74) is 1.40. The summed E-state index contributed by atoms with van der Waals surface area (Å²) in [5, 5.41) is 18.8. The van der Waals surface area contributed by atoms with Gasteiger partial charge in [-0.15, -0.1) is 0 Å². The quantitative estimate of drug-likeness (QED) is 0.600. The minimum Gasteiger partial charge on any atom is -0.382 e. The van der Waals surface area contributed by atoms with E-state index in [0.29, 0.717) is 4.68 Å². The first-order valence-corrected chi connectivity index (χ1v) is 6.44. The van der Waals surface area contributed by atoms with Gasteiger partial charge in [-0.05, 0) is 0 Å². The van der Waals surface area contributed by atoms with Gasteiger partial charge in [0.2, 0.25) is 0 Å². The van der Waals surface area contributed by atoms with E-state index in [2.05, 4.69) is 5.10 Å². The fourth-order valence-corrected chi connectivity index (χ4v) is 2.43. The Morgan fingerprint density at radius 2 is 1.54 bits per heavy atom. The number of rotatable bonds is 1. The Kier molecular flexibility index (Phi) is 4.31. The molecule has 5 nitrogen and oxygen atoms in total. The van der Waals surface area contributed by atoms with Crippen molar-refractivity contribution in [1.82, 2.24) is 9.78 Å². The highest BCUT2D eigenvalue weighted by Gasteiger charge is 2.42. The van der Waals surface area contributed by atoms with Gasteiger partial charge in [0.1, 0.15) is 44.8 Å². The van der Waals surface area contributed by atoms with E-state index in [0.717, 1.165) is 0 Å². The summed E-state index contributed by atoms with van der Waals surface area (Å²) in [6, 6.07) is 3.02. The molecule has 2 N–H and O–H groups in total. The molecule has 0 atom stereocenters. The highest BCUT2D eigenvalue weighted by molar-refractivity contribution is 6.38. The largest absolute Gasteiger partial charge is 0.422 e. The summed E-state index contributed by atoms with van der Waals surface area (Å²) in [6.07, 6.45) is -5.40. The lowest BCUT2D eigenvalue weighted by molar-refractivity contribution is -0.142. The number of aromatic nitrogens is 2. The molecule has 0 spiro atoms. The average Bonchev–Trinajstić information content (AvgIpc) is 2.80. The third-order valence-corrected chi connectivity index (χ3v) is 3.56. The van der Waals surface area contributed by atoms with E-state index in [1.54, 1.807) is 0 Å². The van der Waals surface area contributed by atoms with Crippen molar-refractivity contribution in [3.05, 3.63) is 38.5 Å². The van der Waals surface area contributed by atoms with Gasteiger partial charge in [-0.3, -0.25) is 0 Å². The van der Waals surface area contributed by atoms with Crippen molar-refractivity contribution in [3.8, 4) is 17.8 Å². The second kappa shape index (κ2) is 5.82. The number of halogens is 7. The van der Waals surface area contributed by atoms with E-state index in [1.165, 1.54) is 12.1 Å². The minimum atomic E-state index is -5.40. The van der Waals surface area contributed by atoms with Crippen LogP contribution in [-0.2, 0) is 6.18 Å². The van der Waals surface area contributed by atoms with Crippen molar-refractivity contribution >= 4 is 29.0 Å². The van der Waals surface area contributed by atoms with Crippen molar-refractivity contribution in [2.24, 2.45) is 0 Å². The molecular weight excluding hydrogens is 380 g/mol. The lowest BCUT2D eigenvalue weighted by atomic mass is 10.1. The maximum atomic E-state index is 13.9. The van der Waals surface area contributed by atoms with Gasteiger partial charge >= 0.3 is 6.18 Å². The average molecular weight is 382 g/mol. The first kappa shape index (κ1) is 17.8. The third kappa shape index (κ3) is 2.50. The number of nitrogen functional groups attached to an aromatic ring is 1. The fraction of sp³-hybridized carbons (Fsp3) is 0.0833. The van der Waals surface area contributed by atoms with Crippen LogP contribution < -0.4 is 5.73 Å². The van der Waals surface area contributed by atoms with Crippen LogP contribution in [0.4, 0.5) is 27.8 Å². The van der Waals surface area contributed by atoms with E-state index in [-0.39, 0.29) is 0 Å². The first-order valence-electron chi connectivity index (χ1n) is 5.68. The molecular formula is C12H2Cl2F5N5. The van der Waals surface area contributed by atoms with Gasteiger partial charge in [-0.25, -0.2) is 13.5 Å². The Bertz CT molecular complexity index is 907. The minimum absolute atomic E-state index is 0.425. The van der Waals surface area contributed by atoms with Gasteiger partial charge in [0.25, 0.3) is 0 Å². The van der Waals surface area contributed by atoms with Crippen LogP contribution in [0.1, 0.15) is 16.8 Å².